The van der Waals surface area contributed by atoms with Crippen LogP contribution in [-0.4, -0.2) is 30.2 Å². The van der Waals surface area contributed by atoms with Gasteiger partial charge in [-0.3, -0.25) is 19.4 Å². The number of amides is 1. The van der Waals surface area contributed by atoms with E-state index in [1.54, 1.807) is 32.6 Å². The van der Waals surface area contributed by atoms with Crippen molar-refractivity contribution in [3.05, 3.63) is 81.8 Å². The molecule has 0 atom stereocenters. The third-order valence-corrected chi connectivity index (χ3v) is 4.66. The number of nitrogens with zero attached hydrogens (tertiary/aromatic N) is 4. The van der Waals surface area contributed by atoms with Crippen LogP contribution in [0.3, 0.4) is 0 Å². The summed E-state index contributed by atoms with van der Waals surface area (Å²) in [6.45, 7) is 2.83. The van der Waals surface area contributed by atoms with Crippen molar-refractivity contribution < 1.29 is 4.79 Å². The molecule has 0 aliphatic rings. The zero-order valence-corrected chi connectivity index (χ0v) is 15.6. The lowest BCUT2D eigenvalue weighted by Crippen LogP contribution is -2.25. The van der Waals surface area contributed by atoms with Crippen LogP contribution in [0.4, 0.5) is 0 Å². The Morgan fingerprint density at radius 3 is 2.79 bits per heavy atom. The molecule has 3 aromatic heterocycles. The van der Waals surface area contributed by atoms with Crippen molar-refractivity contribution in [3.8, 4) is 0 Å². The summed E-state index contributed by atoms with van der Waals surface area (Å²) in [5.41, 5.74) is 3.25. The average Bonchev–Trinajstić information content (AvgIpc) is 3.28. The molecule has 0 saturated carbocycles. The number of aromatic nitrogens is 5. The van der Waals surface area contributed by atoms with Crippen LogP contribution < -0.4 is 10.9 Å². The van der Waals surface area contributed by atoms with E-state index in [1.807, 2.05) is 35.0 Å². The van der Waals surface area contributed by atoms with Crippen molar-refractivity contribution in [2.75, 3.05) is 0 Å². The highest BCUT2D eigenvalue weighted by atomic mass is 16.2. The molecule has 0 aliphatic carbocycles. The van der Waals surface area contributed by atoms with Gasteiger partial charge in [-0.1, -0.05) is 24.3 Å². The van der Waals surface area contributed by atoms with E-state index in [4.69, 9.17) is 0 Å². The first kappa shape index (κ1) is 17.7. The fourth-order valence-corrected chi connectivity index (χ4v) is 3.30. The van der Waals surface area contributed by atoms with Gasteiger partial charge in [0, 0.05) is 38.2 Å². The number of rotatable bonds is 5. The maximum atomic E-state index is 12.9. The van der Waals surface area contributed by atoms with Gasteiger partial charge in [-0.25, -0.2) is 9.97 Å². The van der Waals surface area contributed by atoms with Crippen molar-refractivity contribution in [1.82, 2.24) is 29.6 Å². The lowest BCUT2D eigenvalue weighted by Gasteiger charge is -2.12. The summed E-state index contributed by atoms with van der Waals surface area (Å²) in [6, 6.07) is 9.56. The molecule has 4 rings (SSSR count). The zero-order chi connectivity index (χ0) is 19.7. The third kappa shape index (κ3) is 3.32. The SMILES string of the molecule is Cc1cc(C(=O)NCc2ccccc2Cn2ccnc2)c2c(=O)[nH]n(C)c2n1. The van der Waals surface area contributed by atoms with E-state index in [9.17, 15) is 9.59 Å². The summed E-state index contributed by atoms with van der Waals surface area (Å²) in [5.74, 6) is -0.301. The Labute approximate surface area is 160 Å². The first-order valence-electron chi connectivity index (χ1n) is 8.90. The molecule has 0 saturated heterocycles. The minimum atomic E-state index is -0.323. The van der Waals surface area contributed by atoms with Gasteiger partial charge < -0.3 is 9.88 Å². The van der Waals surface area contributed by atoms with Crippen LogP contribution in [0.5, 0.6) is 0 Å². The normalized spacial score (nSPS) is 11.1. The van der Waals surface area contributed by atoms with E-state index in [-0.39, 0.29) is 11.5 Å². The van der Waals surface area contributed by atoms with Gasteiger partial charge in [0.15, 0.2) is 5.65 Å². The number of imidazole rings is 1. The molecule has 0 aliphatic heterocycles. The number of carbonyl (C=O) groups is 1. The third-order valence-electron chi connectivity index (χ3n) is 4.66. The first-order chi connectivity index (χ1) is 13.5. The summed E-state index contributed by atoms with van der Waals surface area (Å²) < 4.78 is 3.50. The van der Waals surface area contributed by atoms with E-state index in [0.717, 1.165) is 11.1 Å². The van der Waals surface area contributed by atoms with E-state index >= 15 is 0 Å². The van der Waals surface area contributed by atoms with Gasteiger partial charge in [-0.15, -0.1) is 0 Å². The molecule has 4 aromatic rings. The molecule has 8 heteroatoms. The smallest absolute Gasteiger partial charge is 0.274 e. The number of carbonyl (C=O) groups excluding carboxylic acids is 1. The van der Waals surface area contributed by atoms with Crippen LogP contribution in [0.25, 0.3) is 11.0 Å². The molecule has 0 fully saturated rings. The van der Waals surface area contributed by atoms with E-state index < -0.39 is 0 Å². The highest BCUT2D eigenvalue weighted by Crippen LogP contribution is 2.15. The highest BCUT2D eigenvalue weighted by molar-refractivity contribution is 6.05. The molecule has 28 heavy (non-hydrogen) atoms. The summed E-state index contributed by atoms with van der Waals surface area (Å²) in [6.07, 6.45) is 5.39. The van der Waals surface area contributed by atoms with Crippen molar-refractivity contribution in [3.63, 3.8) is 0 Å². The molecule has 0 bridgehead atoms. The van der Waals surface area contributed by atoms with Gasteiger partial charge in [0.25, 0.3) is 11.5 Å². The van der Waals surface area contributed by atoms with Crippen LogP contribution in [0, 0.1) is 6.92 Å². The maximum Gasteiger partial charge on any atom is 0.274 e. The molecule has 142 valence electrons. The molecule has 0 unspecified atom stereocenters. The Morgan fingerprint density at radius 2 is 2.04 bits per heavy atom. The standard InChI is InChI=1S/C20H20N6O2/c1-13-9-16(17-18(23-13)25(2)24-20(17)28)19(27)22-10-14-5-3-4-6-15(14)11-26-8-7-21-12-26/h3-9,12H,10-11H2,1-2H3,(H,22,27)(H,24,28). The second-order valence-corrected chi connectivity index (χ2v) is 6.70. The van der Waals surface area contributed by atoms with Gasteiger partial charge in [-0.05, 0) is 24.1 Å². The summed E-state index contributed by atoms with van der Waals surface area (Å²) in [5, 5.41) is 5.90. The summed E-state index contributed by atoms with van der Waals surface area (Å²) in [7, 11) is 1.70. The topological polar surface area (TPSA) is 97.6 Å². The van der Waals surface area contributed by atoms with E-state index in [1.165, 1.54) is 4.68 Å². The van der Waals surface area contributed by atoms with Gasteiger partial charge in [0.1, 0.15) is 0 Å². The second-order valence-electron chi connectivity index (χ2n) is 6.70. The minimum Gasteiger partial charge on any atom is -0.348 e. The molecule has 0 spiro atoms. The molecule has 0 radical (unpaired) electrons. The molecule has 1 aromatic carbocycles. The molecular weight excluding hydrogens is 356 g/mol. The number of H-pyrrole nitrogens is 1. The predicted molar refractivity (Wildman–Crippen MR) is 105 cm³/mol. The van der Waals surface area contributed by atoms with Gasteiger partial charge in [-0.2, -0.15) is 0 Å². The number of fused-ring (bicyclic) bond motifs is 1. The Balaban J connectivity index is 1.59. The zero-order valence-electron chi connectivity index (χ0n) is 15.6. The van der Waals surface area contributed by atoms with Crippen LogP contribution in [0.2, 0.25) is 0 Å². The van der Waals surface area contributed by atoms with Gasteiger partial charge in [0.05, 0.1) is 17.3 Å². The summed E-state index contributed by atoms with van der Waals surface area (Å²) >= 11 is 0. The number of pyridine rings is 1. The van der Waals surface area contributed by atoms with Crippen molar-refractivity contribution in [1.29, 1.82) is 0 Å². The van der Waals surface area contributed by atoms with Gasteiger partial charge >= 0.3 is 0 Å². The van der Waals surface area contributed by atoms with Crippen LogP contribution >= 0.6 is 0 Å². The second kappa shape index (κ2) is 7.15. The molecular formula is C20H20N6O2. The maximum absolute atomic E-state index is 12.9. The lowest BCUT2D eigenvalue weighted by atomic mass is 10.1. The highest BCUT2D eigenvalue weighted by Gasteiger charge is 2.18. The number of aromatic amines is 1. The number of nitrogens with one attached hydrogen (secondary N) is 2. The molecule has 3 heterocycles. The van der Waals surface area contributed by atoms with Crippen molar-refractivity contribution in [2.45, 2.75) is 20.0 Å². The van der Waals surface area contributed by atoms with Crippen molar-refractivity contribution in [2.24, 2.45) is 7.05 Å². The Morgan fingerprint density at radius 1 is 1.25 bits per heavy atom. The van der Waals surface area contributed by atoms with Crippen molar-refractivity contribution >= 4 is 16.9 Å². The van der Waals surface area contributed by atoms with Crippen LogP contribution in [-0.2, 0) is 20.1 Å². The van der Waals surface area contributed by atoms with E-state index in [0.29, 0.717) is 35.4 Å². The monoisotopic (exact) mass is 376 g/mol. The molecule has 2 N–H and O–H groups in total. The lowest BCUT2D eigenvalue weighted by molar-refractivity contribution is 0.0952. The largest absolute Gasteiger partial charge is 0.348 e. The Kier molecular flexibility index (Phi) is 4.52. The fraction of sp³-hybridized carbons (Fsp3) is 0.200. The number of aryl methyl sites for hydroxylation is 2. The summed E-state index contributed by atoms with van der Waals surface area (Å²) in [4.78, 5) is 33.5. The minimum absolute atomic E-state index is 0.301. The molecule has 1 amide bonds. The predicted octanol–water partition coefficient (Wildman–Crippen LogP) is 1.74. The van der Waals surface area contributed by atoms with E-state index in [2.05, 4.69) is 20.4 Å². The van der Waals surface area contributed by atoms with Crippen LogP contribution in [0.1, 0.15) is 27.2 Å². The Hall–Kier alpha value is -3.68. The Bertz CT molecular complexity index is 1200. The first-order valence-corrected chi connectivity index (χ1v) is 8.90. The van der Waals surface area contributed by atoms with Gasteiger partial charge in [0.2, 0.25) is 0 Å². The molecule has 8 nitrogen and oxygen atoms in total. The average molecular weight is 376 g/mol. The number of hydrogen-bond donors (Lipinski definition) is 2. The quantitative estimate of drug-likeness (QED) is 0.554. The fourth-order valence-electron chi connectivity index (χ4n) is 3.30. The van der Waals surface area contributed by atoms with Crippen LogP contribution in [0.15, 0.2) is 53.8 Å². The number of hydrogen-bond acceptors (Lipinski definition) is 4. The number of benzene rings is 1.